The highest BCUT2D eigenvalue weighted by atomic mass is 35.5. The molecule has 3 rings (SSSR count). The van der Waals surface area contributed by atoms with Crippen LogP contribution in [0.2, 0.25) is 5.02 Å². The highest BCUT2D eigenvalue weighted by molar-refractivity contribution is 7.15. The molecule has 1 heterocycles. The largest absolute Gasteiger partial charge is 0.482 e. The molecular weight excluding hydrogens is 315 g/mol. The SMILES string of the molecule is O=C(COc1ccc(F)cc1Cl)Nc1nc2c(s1)CCC2. The minimum atomic E-state index is -0.450. The van der Waals surface area contributed by atoms with Crippen LogP contribution in [0.3, 0.4) is 0 Å². The topological polar surface area (TPSA) is 51.2 Å². The third kappa shape index (κ3) is 3.33. The number of hydrogen-bond acceptors (Lipinski definition) is 4. The summed E-state index contributed by atoms with van der Waals surface area (Å²) in [7, 11) is 0. The molecule has 0 unspecified atom stereocenters. The highest BCUT2D eigenvalue weighted by Gasteiger charge is 2.18. The molecule has 21 heavy (non-hydrogen) atoms. The standard InChI is InChI=1S/C14H12ClFN2O2S/c15-9-6-8(16)4-5-11(9)20-7-13(19)18-14-17-10-2-1-3-12(10)21-14/h4-6H,1-3,7H2,(H,17,18,19). The van der Waals surface area contributed by atoms with Crippen LogP contribution in [0, 0.1) is 5.82 Å². The van der Waals surface area contributed by atoms with Gasteiger partial charge in [0.15, 0.2) is 11.7 Å². The van der Waals surface area contributed by atoms with Gasteiger partial charge in [-0.25, -0.2) is 9.37 Å². The zero-order chi connectivity index (χ0) is 14.8. The van der Waals surface area contributed by atoms with E-state index >= 15 is 0 Å². The lowest BCUT2D eigenvalue weighted by Gasteiger charge is -2.07. The Labute approximate surface area is 129 Å². The summed E-state index contributed by atoms with van der Waals surface area (Å²) in [6.45, 7) is -0.199. The Balaban J connectivity index is 1.56. The maximum Gasteiger partial charge on any atom is 0.264 e. The van der Waals surface area contributed by atoms with Crippen molar-refractivity contribution in [2.75, 3.05) is 11.9 Å². The monoisotopic (exact) mass is 326 g/mol. The summed E-state index contributed by atoms with van der Waals surface area (Å²) in [6.07, 6.45) is 3.14. The first-order valence-corrected chi connectivity index (χ1v) is 7.67. The van der Waals surface area contributed by atoms with Crippen molar-refractivity contribution >= 4 is 34.0 Å². The molecule has 0 atom stereocenters. The average Bonchev–Trinajstić information content (AvgIpc) is 2.98. The Bertz CT molecular complexity index is 668. The lowest BCUT2D eigenvalue weighted by molar-refractivity contribution is -0.118. The molecule has 0 spiro atoms. The fourth-order valence-electron chi connectivity index (χ4n) is 2.13. The number of fused-ring (bicyclic) bond motifs is 1. The van der Waals surface area contributed by atoms with Crippen molar-refractivity contribution in [3.8, 4) is 5.75 Å². The van der Waals surface area contributed by atoms with E-state index in [-0.39, 0.29) is 23.3 Å². The van der Waals surface area contributed by atoms with Gasteiger partial charge in [-0.1, -0.05) is 11.6 Å². The van der Waals surface area contributed by atoms with Crippen LogP contribution in [-0.2, 0) is 17.6 Å². The molecule has 1 N–H and O–H groups in total. The molecule has 1 aromatic carbocycles. The quantitative estimate of drug-likeness (QED) is 0.936. The summed E-state index contributed by atoms with van der Waals surface area (Å²) >= 11 is 7.32. The Morgan fingerprint density at radius 1 is 1.48 bits per heavy atom. The van der Waals surface area contributed by atoms with Crippen LogP contribution < -0.4 is 10.1 Å². The number of nitrogens with zero attached hydrogens (tertiary/aromatic N) is 1. The molecule has 7 heteroatoms. The molecule has 1 amide bonds. The van der Waals surface area contributed by atoms with E-state index in [4.69, 9.17) is 16.3 Å². The summed E-state index contributed by atoms with van der Waals surface area (Å²) in [5, 5.41) is 3.43. The van der Waals surface area contributed by atoms with Gasteiger partial charge in [-0.2, -0.15) is 0 Å². The number of halogens is 2. The van der Waals surface area contributed by atoms with E-state index in [0.717, 1.165) is 31.0 Å². The van der Waals surface area contributed by atoms with E-state index < -0.39 is 5.82 Å². The van der Waals surface area contributed by atoms with Crippen molar-refractivity contribution in [3.63, 3.8) is 0 Å². The van der Waals surface area contributed by atoms with Crippen LogP contribution in [0.5, 0.6) is 5.75 Å². The van der Waals surface area contributed by atoms with E-state index in [1.807, 2.05) is 0 Å². The van der Waals surface area contributed by atoms with E-state index in [1.54, 1.807) is 0 Å². The predicted molar refractivity (Wildman–Crippen MR) is 79.7 cm³/mol. The molecule has 0 fully saturated rings. The predicted octanol–water partition coefficient (Wildman–Crippen LogP) is 3.44. The number of carbonyl (C=O) groups is 1. The number of thiazole rings is 1. The van der Waals surface area contributed by atoms with Crippen molar-refractivity contribution in [1.29, 1.82) is 0 Å². The van der Waals surface area contributed by atoms with Gasteiger partial charge < -0.3 is 4.74 Å². The second kappa shape index (κ2) is 5.99. The van der Waals surface area contributed by atoms with Gasteiger partial charge in [0, 0.05) is 4.88 Å². The Kier molecular flexibility index (Phi) is 4.07. The third-order valence-electron chi connectivity index (χ3n) is 3.09. The normalized spacial score (nSPS) is 13.0. The molecule has 0 radical (unpaired) electrons. The van der Waals surface area contributed by atoms with Crippen molar-refractivity contribution < 1.29 is 13.9 Å². The summed E-state index contributed by atoms with van der Waals surface area (Å²) in [4.78, 5) is 17.4. The number of nitrogens with one attached hydrogen (secondary N) is 1. The van der Waals surface area contributed by atoms with E-state index in [9.17, 15) is 9.18 Å². The van der Waals surface area contributed by atoms with Gasteiger partial charge >= 0.3 is 0 Å². The van der Waals surface area contributed by atoms with E-state index in [1.165, 1.54) is 28.3 Å². The van der Waals surface area contributed by atoms with Gasteiger partial charge in [0.2, 0.25) is 0 Å². The maximum atomic E-state index is 12.9. The highest BCUT2D eigenvalue weighted by Crippen LogP contribution is 2.30. The van der Waals surface area contributed by atoms with Crippen LogP contribution in [0.1, 0.15) is 17.0 Å². The number of benzene rings is 1. The fraction of sp³-hybridized carbons (Fsp3) is 0.286. The first-order valence-electron chi connectivity index (χ1n) is 6.48. The molecular formula is C14H12ClFN2O2S. The Morgan fingerprint density at radius 2 is 2.33 bits per heavy atom. The molecule has 110 valence electrons. The van der Waals surface area contributed by atoms with Crippen LogP contribution >= 0.6 is 22.9 Å². The maximum absolute atomic E-state index is 12.9. The Morgan fingerprint density at radius 3 is 3.10 bits per heavy atom. The minimum absolute atomic E-state index is 0.135. The number of hydrogen-bond donors (Lipinski definition) is 1. The first-order chi connectivity index (χ1) is 10.1. The summed E-state index contributed by atoms with van der Waals surface area (Å²) in [6, 6.07) is 3.76. The second-order valence-electron chi connectivity index (χ2n) is 4.65. The molecule has 0 aliphatic heterocycles. The number of aromatic nitrogens is 1. The van der Waals surface area contributed by atoms with Gasteiger partial charge in [0.1, 0.15) is 11.6 Å². The third-order valence-corrected chi connectivity index (χ3v) is 4.46. The van der Waals surface area contributed by atoms with Crippen LogP contribution in [0.25, 0.3) is 0 Å². The lowest BCUT2D eigenvalue weighted by Crippen LogP contribution is -2.20. The molecule has 4 nitrogen and oxygen atoms in total. The molecule has 1 aromatic heterocycles. The summed E-state index contributed by atoms with van der Waals surface area (Å²) < 4.78 is 18.2. The van der Waals surface area contributed by atoms with Crippen molar-refractivity contribution in [3.05, 3.63) is 39.6 Å². The molecule has 0 saturated carbocycles. The van der Waals surface area contributed by atoms with Crippen LogP contribution in [0.15, 0.2) is 18.2 Å². The molecule has 0 bridgehead atoms. The average molecular weight is 327 g/mol. The molecule has 2 aromatic rings. The first kappa shape index (κ1) is 14.3. The number of aryl methyl sites for hydroxylation is 2. The van der Waals surface area contributed by atoms with E-state index in [2.05, 4.69) is 10.3 Å². The van der Waals surface area contributed by atoms with Gasteiger partial charge in [-0.05, 0) is 37.5 Å². The van der Waals surface area contributed by atoms with Crippen molar-refractivity contribution in [2.24, 2.45) is 0 Å². The van der Waals surface area contributed by atoms with Crippen LogP contribution in [-0.4, -0.2) is 17.5 Å². The number of ether oxygens (including phenoxy) is 1. The zero-order valence-corrected chi connectivity index (χ0v) is 12.6. The van der Waals surface area contributed by atoms with E-state index in [0.29, 0.717) is 5.13 Å². The van der Waals surface area contributed by atoms with Gasteiger partial charge in [-0.3, -0.25) is 10.1 Å². The number of anilines is 1. The second-order valence-corrected chi connectivity index (χ2v) is 6.14. The fourth-order valence-corrected chi connectivity index (χ4v) is 3.42. The summed E-state index contributed by atoms with van der Waals surface area (Å²) in [5.74, 6) is -0.494. The lowest BCUT2D eigenvalue weighted by atomic mass is 10.3. The van der Waals surface area contributed by atoms with Gasteiger partial charge in [-0.15, -0.1) is 11.3 Å². The molecule has 1 aliphatic carbocycles. The molecule has 1 aliphatic rings. The summed E-state index contributed by atoms with van der Waals surface area (Å²) in [5.41, 5.74) is 1.08. The zero-order valence-electron chi connectivity index (χ0n) is 11.0. The minimum Gasteiger partial charge on any atom is -0.482 e. The number of carbonyl (C=O) groups excluding carboxylic acids is 1. The number of amides is 1. The van der Waals surface area contributed by atoms with Gasteiger partial charge in [0.05, 0.1) is 10.7 Å². The van der Waals surface area contributed by atoms with Gasteiger partial charge in [0.25, 0.3) is 5.91 Å². The smallest absolute Gasteiger partial charge is 0.264 e. The Hall–Kier alpha value is -1.66. The van der Waals surface area contributed by atoms with Crippen molar-refractivity contribution in [1.82, 2.24) is 4.98 Å². The van der Waals surface area contributed by atoms with Crippen LogP contribution in [0.4, 0.5) is 9.52 Å². The molecule has 0 saturated heterocycles. The van der Waals surface area contributed by atoms with Crippen molar-refractivity contribution in [2.45, 2.75) is 19.3 Å². The number of rotatable bonds is 4.